The van der Waals surface area contributed by atoms with Crippen LogP contribution in [0.2, 0.25) is 0 Å². The molecular formula is C15H15N3O4. The highest BCUT2D eigenvalue weighted by Gasteiger charge is 2.20. The van der Waals surface area contributed by atoms with E-state index in [1.807, 2.05) is 13.8 Å². The third-order valence-electron chi connectivity index (χ3n) is 3.05. The van der Waals surface area contributed by atoms with Crippen LogP contribution in [-0.2, 0) is 0 Å². The largest absolute Gasteiger partial charge is 0.506 e. The highest BCUT2D eigenvalue weighted by Crippen LogP contribution is 2.28. The molecule has 0 saturated carbocycles. The van der Waals surface area contributed by atoms with Crippen molar-refractivity contribution in [1.29, 1.82) is 0 Å². The van der Waals surface area contributed by atoms with E-state index >= 15 is 0 Å². The zero-order valence-electron chi connectivity index (χ0n) is 12.1. The van der Waals surface area contributed by atoms with Crippen LogP contribution in [0.15, 0.2) is 30.6 Å². The van der Waals surface area contributed by atoms with Crippen molar-refractivity contribution < 1.29 is 19.8 Å². The van der Waals surface area contributed by atoms with Gasteiger partial charge in [-0.2, -0.15) is 0 Å². The fourth-order valence-corrected chi connectivity index (χ4v) is 1.86. The van der Waals surface area contributed by atoms with Crippen LogP contribution < -0.4 is 5.32 Å². The van der Waals surface area contributed by atoms with E-state index in [0.717, 1.165) is 5.56 Å². The Balaban J connectivity index is 2.34. The summed E-state index contributed by atoms with van der Waals surface area (Å²) in [5.41, 5.74) is 0.354. The Kier molecular flexibility index (Phi) is 4.36. The Hall–Kier alpha value is -2.96. The number of hydrogen-bond donors (Lipinski definition) is 3. The first-order valence-electron chi connectivity index (χ1n) is 6.58. The van der Waals surface area contributed by atoms with Crippen molar-refractivity contribution in [2.75, 3.05) is 5.32 Å². The fraction of sp³-hybridized carbons (Fsp3) is 0.200. The van der Waals surface area contributed by atoms with Gasteiger partial charge in [-0.05, 0) is 23.6 Å². The van der Waals surface area contributed by atoms with Gasteiger partial charge in [0.1, 0.15) is 5.75 Å². The molecule has 0 saturated heterocycles. The summed E-state index contributed by atoms with van der Waals surface area (Å²) in [6.07, 6.45) is 2.42. The van der Waals surface area contributed by atoms with Crippen LogP contribution in [0.5, 0.6) is 5.75 Å². The lowest BCUT2D eigenvalue weighted by molar-refractivity contribution is 0.0685. The number of carboxylic acids is 1. The second-order valence-electron chi connectivity index (χ2n) is 4.94. The summed E-state index contributed by atoms with van der Waals surface area (Å²) in [6.45, 7) is 3.95. The number of anilines is 1. The third kappa shape index (κ3) is 3.20. The Morgan fingerprint density at radius 3 is 2.36 bits per heavy atom. The Bertz CT molecular complexity index is 728. The molecule has 0 spiro atoms. The number of aromatic nitrogens is 2. The number of benzene rings is 1. The molecule has 0 aliphatic rings. The zero-order valence-corrected chi connectivity index (χ0v) is 12.1. The number of amides is 1. The lowest BCUT2D eigenvalue weighted by Crippen LogP contribution is -2.19. The summed E-state index contributed by atoms with van der Waals surface area (Å²) in [4.78, 5) is 30.6. The van der Waals surface area contributed by atoms with Crippen LogP contribution in [0.25, 0.3) is 0 Å². The molecule has 0 atom stereocenters. The monoisotopic (exact) mass is 301 g/mol. The van der Waals surface area contributed by atoms with E-state index in [0.29, 0.717) is 0 Å². The van der Waals surface area contributed by atoms with E-state index in [1.54, 1.807) is 12.1 Å². The first kappa shape index (κ1) is 15.4. The second-order valence-corrected chi connectivity index (χ2v) is 4.94. The van der Waals surface area contributed by atoms with Crippen molar-refractivity contribution in [3.63, 3.8) is 0 Å². The van der Waals surface area contributed by atoms with Crippen LogP contribution >= 0.6 is 0 Å². The number of aromatic carboxylic acids is 1. The number of carbonyl (C=O) groups excluding carboxylic acids is 1. The maximum absolute atomic E-state index is 12.2. The Morgan fingerprint density at radius 1 is 1.14 bits per heavy atom. The molecule has 0 unspecified atom stereocenters. The van der Waals surface area contributed by atoms with Gasteiger partial charge in [0, 0.05) is 12.4 Å². The average Bonchev–Trinajstić information content (AvgIpc) is 2.49. The maximum atomic E-state index is 12.2. The van der Waals surface area contributed by atoms with Gasteiger partial charge in [0.25, 0.3) is 5.91 Å². The minimum atomic E-state index is -1.35. The normalized spacial score (nSPS) is 10.5. The van der Waals surface area contributed by atoms with Crippen molar-refractivity contribution in [2.24, 2.45) is 0 Å². The van der Waals surface area contributed by atoms with Gasteiger partial charge in [0.15, 0.2) is 11.4 Å². The topological polar surface area (TPSA) is 112 Å². The van der Waals surface area contributed by atoms with Crippen molar-refractivity contribution in [2.45, 2.75) is 19.8 Å². The number of nitrogens with zero attached hydrogens (tertiary/aromatic N) is 2. The number of nitrogens with one attached hydrogen (secondary N) is 1. The number of phenolic OH excluding ortho intramolecular Hbond substituents is 1. The molecule has 7 nitrogen and oxygen atoms in total. The average molecular weight is 301 g/mol. The molecule has 0 radical (unpaired) electrons. The van der Waals surface area contributed by atoms with E-state index in [-0.39, 0.29) is 23.0 Å². The predicted molar refractivity (Wildman–Crippen MR) is 79.1 cm³/mol. The van der Waals surface area contributed by atoms with Gasteiger partial charge in [0.05, 0.1) is 5.69 Å². The summed E-state index contributed by atoms with van der Waals surface area (Å²) in [5, 5.41) is 21.3. The molecule has 2 aromatic rings. The van der Waals surface area contributed by atoms with Crippen LogP contribution in [0.3, 0.4) is 0 Å². The SMILES string of the molecule is CC(C)c1ccc(O)c(NC(=O)c2nccnc2C(=O)O)c1. The highest BCUT2D eigenvalue weighted by molar-refractivity contribution is 6.09. The molecule has 0 fully saturated rings. The third-order valence-corrected chi connectivity index (χ3v) is 3.05. The molecule has 0 aliphatic heterocycles. The van der Waals surface area contributed by atoms with Crippen molar-refractivity contribution >= 4 is 17.6 Å². The van der Waals surface area contributed by atoms with Gasteiger partial charge in [0.2, 0.25) is 0 Å². The summed E-state index contributed by atoms with van der Waals surface area (Å²) in [7, 11) is 0. The van der Waals surface area contributed by atoms with Crippen molar-refractivity contribution in [3.8, 4) is 5.75 Å². The molecule has 1 amide bonds. The molecule has 0 bridgehead atoms. The number of carboxylic acid groups (broad SMARTS) is 1. The molecule has 0 aliphatic carbocycles. The molecule has 114 valence electrons. The maximum Gasteiger partial charge on any atom is 0.356 e. The zero-order chi connectivity index (χ0) is 16.3. The first-order chi connectivity index (χ1) is 10.4. The van der Waals surface area contributed by atoms with Gasteiger partial charge >= 0.3 is 5.97 Å². The standard InChI is InChI=1S/C15H15N3O4/c1-8(2)9-3-4-11(19)10(7-9)18-14(20)12-13(15(21)22)17-6-5-16-12/h3-8,19H,1-2H3,(H,18,20)(H,21,22). The summed E-state index contributed by atoms with van der Waals surface area (Å²) >= 11 is 0. The van der Waals surface area contributed by atoms with Crippen molar-refractivity contribution in [1.82, 2.24) is 9.97 Å². The molecule has 1 aromatic heterocycles. The smallest absolute Gasteiger partial charge is 0.356 e. The quantitative estimate of drug-likeness (QED) is 0.747. The second kappa shape index (κ2) is 6.21. The number of aromatic hydroxyl groups is 1. The van der Waals surface area contributed by atoms with Crippen molar-refractivity contribution in [3.05, 3.63) is 47.5 Å². The molecule has 1 aromatic carbocycles. The van der Waals surface area contributed by atoms with Gasteiger partial charge in [-0.1, -0.05) is 19.9 Å². The van der Waals surface area contributed by atoms with Gasteiger partial charge in [-0.15, -0.1) is 0 Å². The van der Waals surface area contributed by atoms with Crippen LogP contribution in [0.1, 0.15) is 46.3 Å². The lowest BCUT2D eigenvalue weighted by atomic mass is 10.0. The molecule has 3 N–H and O–H groups in total. The van der Waals surface area contributed by atoms with E-state index in [4.69, 9.17) is 5.11 Å². The fourth-order valence-electron chi connectivity index (χ4n) is 1.86. The van der Waals surface area contributed by atoms with E-state index < -0.39 is 17.6 Å². The summed E-state index contributed by atoms with van der Waals surface area (Å²) in [6, 6.07) is 4.86. The summed E-state index contributed by atoms with van der Waals surface area (Å²) < 4.78 is 0. The summed E-state index contributed by atoms with van der Waals surface area (Å²) in [5.74, 6) is -2.00. The lowest BCUT2D eigenvalue weighted by Gasteiger charge is -2.11. The molecule has 7 heteroatoms. The number of hydrogen-bond acceptors (Lipinski definition) is 5. The Labute approximate surface area is 126 Å². The molecule has 22 heavy (non-hydrogen) atoms. The Morgan fingerprint density at radius 2 is 1.77 bits per heavy atom. The number of rotatable bonds is 4. The minimum Gasteiger partial charge on any atom is -0.506 e. The molecule has 2 rings (SSSR count). The van der Waals surface area contributed by atoms with Gasteiger partial charge in [-0.3, -0.25) is 4.79 Å². The first-order valence-corrected chi connectivity index (χ1v) is 6.58. The minimum absolute atomic E-state index is 0.112. The molecular weight excluding hydrogens is 286 g/mol. The van der Waals surface area contributed by atoms with Gasteiger partial charge in [-0.25, -0.2) is 14.8 Å². The van der Waals surface area contributed by atoms with Gasteiger partial charge < -0.3 is 15.5 Å². The van der Waals surface area contributed by atoms with Crippen LogP contribution in [0, 0.1) is 0 Å². The van der Waals surface area contributed by atoms with E-state index in [9.17, 15) is 14.7 Å². The predicted octanol–water partition coefficient (Wildman–Crippen LogP) is 2.26. The van der Waals surface area contributed by atoms with Crippen LogP contribution in [-0.4, -0.2) is 32.1 Å². The number of phenols is 1. The number of carbonyl (C=O) groups is 2. The highest BCUT2D eigenvalue weighted by atomic mass is 16.4. The van der Waals surface area contributed by atoms with E-state index in [1.165, 1.54) is 18.5 Å². The van der Waals surface area contributed by atoms with Crippen LogP contribution in [0.4, 0.5) is 5.69 Å². The van der Waals surface area contributed by atoms with E-state index in [2.05, 4.69) is 15.3 Å². The molecule has 1 heterocycles.